The Balaban J connectivity index is 0.000000585. The molecule has 23 heavy (non-hydrogen) atoms. The number of nitro groups is 3. The standard InChI is InChI=1S/C6H3N3O7.C5H10O2/c10-6-4(8(13)14)1-3(7(11)12)2-5(6)9(15)16;1-5(2,3)4(6)7/h1-2,10H;1-3H3,(H,6,7). The van der Waals surface area contributed by atoms with Crippen LogP contribution in [0.2, 0.25) is 0 Å². The van der Waals surface area contributed by atoms with Crippen LogP contribution in [0.15, 0.2) is 12.1 Å². The van der Waals surface area contributed by atoms with Crippen LogP contribution in [0.4, 0.5) is 17.1 Å². The predicted octanol–water partition coefficient (Wildman–Crippen LogP) is 2.23. The number of hydrogen-bond acceptors (Lipinski definition) is 8. The Hall–Kier alpha value is -3.31. The molecule has 1 aromatic carbocycles. The molecule has 0 bridgehead atoms. The first-order valence-electron chi connectivity index (χ1n) is 5.82. The predicted molar refractivity (Wildman–Crippen MR) is 75.2 cm³/mol. The molecule has 0 radical (unpaired) electrons. The number of rotatable bonds is 3. The zero-order valence-corrected chi connectivity index (χ0v) is 12.2. The molecule has 12 nitrogen and oxygen atoms in total. The summed E-state index contributed by atoms with van der Waals surface area (Å²) in [5.74, 6) is -1.96. The minimum Gasteiger partial charge on any atom is -0.497 e. The van der Waals surface area contributed by atoms with Crippen molar-refractivity contribution in [3.8, 4) is 5.75 Å². The first kappa shape index (κ1) is 19.7. The van der Waals surface area contributed by atoms with Crippen molar-refractivity contribution >= 4 is 23.0 Å². The highest BCUT2D eigenvalue weighted by atomic mass is 16.6. The van der Waals surface area contributed by atoms with Gasteiger partial charge in [0.25, 0.3) is 11.4 Å². The van der Waals surface area contributed by atoms with Gasteiger partial charge in [-0.2, -0.15) is 0 Å². The molecular weight excluding hydrogens is 318 g/mol. The van der Waals surface area contributed by atoms with Gasteiger partial charge in [-0.25, -0.2) is 0 Å². The summed E-state index contributed by atoms with van der Waals surface area (Å²) < 4.78 is 0. The van der Waals surface area contributed by atoms with Gasteiger partial charge in [0.2, 0.25) is 0 Å². The second-order valence-electron chi connectivity index (χ2n) is 5.16. The van der Waals surface area contributed by atoms with Crippen molar-refractivity contribution in [2.24, 2.45) is 5.41 Å². The van der Waals surface area contributed by atoms with E-state index in [1.165, 1.54) is 0 Å². The van der Waals surface area contributed by atoms with Crippen LogP contribution in [0.3, 0.4) is 0 Å². The minimum atomic E-state index is -1.21. The zero-order valence-electron chi connectivity index (χ0n) is 12.2. The van der Waals surface area contributed by atoms with E-state index in [-0.39, 0.29) is 0 Å². The maximum Gasteiger partial charge on any atom is 0.324 e. The molecule has 0 heterocycles. The third kappa shape index (κ3) is 5.53. The summed E-state index contributed by atoms with van der Waals surface area (Å²) in [6.07, 6.45) is 0. The van der Waals surface area contributed by atoms with Crippen molar-refractivity contribution in [1.82, 2.24) is 0 Å². The molecule has 0 spiro atoms. The molecule has 0 saturated carbocycles. The lowest BCUT2D eigenvalue weighted by Crippen LogP contribution is -2.18. The highest BCUT2D eigenvalue weighted by molar-refractivity contribution is 5.72. The zero-order chi connectivity index (χ0) is 18.5. The van der Waals surface area contributed by atoms with Gasteiger partial charge in [-0.05, 0) is 20.8 Å². The Morgan fingerprint density at radius 1 is 0.957 bits per heavy atom. The maximum absolute atomic E-state index is 10.4. The molecule has 2 N–H and O–H groups in total. The van der Waals surface area contributed by atoms with E-state index in [2.05, 4.69) is 0 Å². The van der Waals surface area contributed by atoms with E-state index in [1.807, 2.05) is 0 Å². The van der Waals surface area contributed by atoms with Gasteiger partial charge in [0, 0.05) is 0 Å². The third-order valence-corrected chi connectivity index (χ3v) is 2.30. The smallest absolute Gasteiger partial charge is 0.324 e. The molecule has 0 saturated heterocycles. The van der Waals surface area contributed by atoms with Gasteiger partial charge in [0.1, 0.15) is 0 Å². The molecule has 12 heteroatoms. The molecule has 0 unspecified atom stereocenters. The second-order valence-corrected chi connectivity index (χ2v) is 5.16. The summed E-state index contributed by atoms with van der Waals surface area (Å²) in [6.45, 7) is 4.99. The Bertz CT molecular complexity index is 628. The molecule has 0 aromatic heterocycles. The highest BCUT2D eigenvalue weighted by Gasteiger charge is 2.30. The van der Waals surface area contributed by atoms with E-state index in [1.54, 1.807) is 20.8 Å². The quantitative estimate of drug-likeness (QED) is 0.618. The number of carboxylic acid groups (broad SMARTS) is 1. The van der Waals surface area contributed by atoms with Crippen molar-refractivity contribution < 1.29 is 29.8 Å². The molecule has 126 valence electrons. The molecule has 0 aliphatic rings. The van der Waals surface area contributed by atoms with Gasteiger partial charge in [0.15, 0.2) is 0 Å². The Morgan fingerprint density at radius 3 is 1.43 bits per heavy atom. The van der Waals surface area contributed by atoms with Crippen LogP contribution in [0.5, 0.6) is 5.75 Å². The van der Waals surface area contributed by atoms with E-state index >= 15 is 0 Å². The largest absolute Gasteiger partial charge is 0.497 e. The normalized spacial score (nSPS) is 10.2. The number of benzene rings is 1. The fourth-order valence-electron chi connectivity index (χ4n) is 0.974. The van der Waals surface area contributed by atoms with Crippen LogP contribution in [-0.4, -0.2) is 31.0 Å². The van der Waals surface area contributed by atoms with E-state index in [0.717, 1.165) is 0 Å². The van der Waals surface area contributed by atoms with Gasteiger partial charge < -0.3 is 10.2 Å². The fourth-order valence-corrected chi connectivity index (χ4v) is 0.974. The van der Waals surface area contributed by atoms with Crippen LogP contribution in [0, 0.1) is 35.8 Å². The lowest BCUT2D eigenvalue weighted by molar-refractivity contribution is -0.404. The number of non-ortho nitro benzene ring substituents is 1. The molecule has 1 aromatic rings. The van der Waals surface area contributed by atoms with Crippen LogP contribution in [0.1, 0.15) is 20.8 Å². The summed E-state index contributed by atoms with van der Waals surface area (Å²) >= 11 is 0. The minimum absolute atomic E-state index is 0.447. The van der Waals surface area contributed by atoms with Crippen molar-refractivity contribution in [2.75, 3.05) is 0 Å². The Labute approximate surface area is 128 Å². The second kappa shape index (κ2) is 7.11. The summed E-state index contributed by atoms with van der Waals surface area (Å²) in [4.78, 5) is 37.8. The Kier molecular flexibility index (Phi) is 6.08. The van der Waals surface area contributed by atoms with Crippen LogP contribution >= 0.6 is 0 Å². The fraction of sp³-hybridized carbons (Fsp3) is 0.364. The number of phenolic OH excluding ortho intramolecular Hbond substituents is 1. The lowest BCUT2D eigenvalue weighted by atomic mass is 9.98. The molecule has 0 aliphatic carbocycles. The molecule has 0 fully saturated rings. The number of carboxylic acids is 1. The topological polar surface area (TPSA) is 187 Å². The van der Waals surface area contributed by atoms with Gasteiger partial charge in [-0.3, -0.25) is 35.1 Å². The van der Waals surface area contributed by atoms with E-state index in [0.29, 0.717) is 12.1 Å². The summed E-state index contributed by atoms with van der Waals surface area (Å²) in [5.41, 5.74) is -3.59. The summed E-state index contributed by atoms with van der Waals surface area (Å²) in [5, 5.41) is 48.5. The van der Waals surface area contributed by atoms with Gasteiger partial charge in [-0.15, -0.1) is 0 Å². The van der Waals surface area contributed by atoms with Crippen LogP contribution in [0.25, 0.3) is 0 Å². The highest BCUT2D eigenvalue weighted by Crippen LogP contribution is 2.38. The van der Waals surface area contributed by atoms with Crippen molar-refractivity contribution in [3.05, 3.63) is 42.5 Å². The molecule has 0 aliphatic heterocycles. The average Bonchev–Trinajstić information content (AvgIpc) is 2.37. The first-order chi connectivity index (χ1) is 10.3. The van der Waals surface area contributed by atoms with E-state index < -0.39 is 49.0 Å². The molecule has 0 atom stereocenters. The van der Waals surface area contributed by atoms with Gasteiger partial charge >= 0.3 is 17.3 Å². The number of phenols is 1. The summed E-state index contributed by atoms with van der Waals surface area (Å²) in [7, 11) is 0. The molecule has 1 rings (SSSR count). The number of aromatic hydroxyl groups is 1. The van der Waals surface area contributed by atoms with E-state index in [9.17, 15) is 35.1 Å². The monoisotopic (exact) mass is 331 g/mol. The van der Waals surface area contributed by atoms with Crippen molar-refractivity contribution in [2.45, 2.75) is 20.8 Å². The number of nitro benzene ring substituents is 3. The van der Waals surface area contributed by atoms with E-state index in [4.69, 9.17) is 10.2 Å². The average molecular weight is 331 g/mol. The van der Waals surface area contributed by atoms with Crippen LogP contribution < -0.4 is 0 Å². The van der Waals surface area contributed by atoms with Gasteiger partial charge in [0.05, 0.1) is 32.3 Å². The lowest BCUT2D eigenvalue weighted by Gasteiger charge is -2.08. The van der Waals surface area contributed by atoms with Crippen LogP contribution in [-0.2, 0) is 4.79 Å². The number of hydrogen-bond donors (Lipinski definition) is 2. The third-order valence-electron chi connectivity index (χ3n) is 2.30. The molecular formula is C11H13N3O9. The molecule has 0 amide bonds. The SMILES string of the molecule is CC(C)(C)C(=O)O.O=[N+]([O-])c1cc([N+](=O)[O-])c(O)c([N+](=O)[O-])c1. The maximum atomic E-state index is 10.4. The van der Waals surface area contributed by atoms with Crippen molar-refractivity contribution in [3.63, 3.8) is 0 Å². The Morgan fingerprint density at radius 2 is 1.26 bits per heavy atom. The number of nitrogens with zero attached hydrogens (tertiary/aromatic N) is 3. The van der Waals surface area contributed by atoms with Gasteiger partial charge in [-0.1, -0.05) is 0 Å². The van der Waals surface area contributed by atoms with Crippen molar-refractivity contribution in [1.29, 1.82) is 0 Å². The first-order valence-corrected chi connectivity index (χ1v) is 5.82. The summed E-state index contributed by atoms with van der Waals surface area (Å²) in [6, 6.07) is 0.894. The number of carbonyl (C=O) groups is 1. The number of aliphatic carboxylic acids is 1.